The number of Topliss-reactive ketones (excluding diaryl/α,β-unsaturated/α-hetero) is 1. The number of ether oxygens (including phenoxy) is 1. The first-order valence-corrected chi connectivity index (χ1v) is 12.3. The minimum atomic E-state index is -1.57. The zero-order valence-electron chi connectivity index (χ0n) is 19.9. The molecule has 0 bridgehead atoms. The third kappa shape index (κ3) is 3.51. The monoisotopic (exact) mass is 449 g/mol. The fraction of sp³-hybridized carbons (Fsp3) is 0.880. The van der Waals surface area contributed by atoms with E-state index >= 15 is 0 Å². The average Bonchev–Trinajstić information content (AvgIpc) is 2.97. The van der Waals surface area contributed by atoms with Crippen molar-refractivity contribution < 1.29 is 29.3 Å². The molecule has 7 heteroatoms. The molecule has 7 nitrogen and oxygen atoms in total. The van der Waals surface area contributed by atoms with Gasteiger partial charge in [0.15, 0.2) is 6.61 Å². The van der Waals surface area contributed by atoms with Gasteiger partial charge >= 0.3 is 5.97 Å². The Kier molecular flexibility index (Phi) is 5.98. The Labute approximate surface area is 190 Å². The van der Waals surface area contributed by atoms with Crippen LogP contribution in [0.3, 0.4) is 0 Å². The van der Waals surface area contributed by atoms with Crippen LogP contribution in [-0.2, 0) is 19.1 Å². The lowest BCUT2D eigenvalue weighted by Crippen LogP contribution is -2.63. The molecule has 4 saturated carbocycles. The summed E-state index contributed by atoms with van der Waals surface area (Å²) in [5, 5.41) is 26.1. The summed E-state index contributed by atoms with van der Waals surface area (Å²) in [6.45, 7) is 6.68. The molecule has 0 aromatic heterocycles. The maximum atomic E-state index is 13.0. The zero-order valence-corrected chi connectivity index (χ0v) is 19.9. The average molecular weight is 450 g/mol. The largest absolute Gasteiger partial charge is 0.458 e. The smallest absolute Gasteiger partial charge is 0.303 e. The van der Waals surface area contributed by atoms with Crippen molar-refractivity contribution in [2.45, 2.75) is 96.8 Å². The third-order valence-electron chi connectivity index (χ3n) is 10.0. The predicted molar refractivity (Wildman–Crippen MR) is 117 cm³/mol. The molecule has 0 heterocycles. The van der Waals surface area contributed by atoms with E-state index in [0.29, 0.717) is 18.8 Å². The Morgan fingerprint density at radius 1 is 1.06 bits per heavy atom. The van der Waals surface area contributed by atoms with Gasteiger partial charge in [-0.05, 0) is 80.5 Å². The minimum absolute atomic E-state index is 0.00108. The molecule has 3 unspecified atom stereocenters. The van der Waals surface area contributed by atoms with Crippen molar-refractivity contribution in [1.29, 1.82) is 0 Å². The van der Waals surface area contributed by atoms with E-state index in [1.165, 1.54) is 6.92 Å². The SMILES string of the molecule is CC(=O)NC1CC[C@@]2(C)C(CC[C@@H]3[C@@H]2C(O)C[C@@]2(C)[C@H]3CC[C@]2(O)C(=O)COC(C)=O)C1. The summed E-state index contributed by atoms with van der Waals surface area (Å²) >= 11 is 0. The maximum absolute atomic E-state index is 13.0. The van der Waals surface area contributed by atoms with E-state index in [1.807, 2.05) is 6.92 Å². The molecular weight excluding hydrogens is 410 g/mol. The topological polar surface area (TPSA) is 113 Å². The van der Waals surface area contributed by atoms with Crippen molar-refractivity contribution in [3.8, 4) is 0 Å². The van der Waals surface area contributed by atoms with Crippen LogP contribution in [0.4, 0.5) is 0 Å². The Balaban J connectivity index is 1.57. The van der Waals surface area contributed by atoms with Crippen molar-refractivity contribution >= 4 is 17.7 Å². The fourth-order valence-electron chi connectivity index (χ4n) is 8.55. The van der Waals surface area contributed by atoms with Crippen molar-refractivity contribution in [3.63, 3.8) is 0 Å². The quantitative estimate of drug-likeness (QED) is 0.568. The molecule has 4 aliphatic carbocycles. The van der Waals surface area contributed by atoms with Gasteiger partial charge in [-0.15, -0.1) is 0 Å². The molecule has 32 heavy (non-hydrogen) atoms. The summed E-state index contributed by atoms with van der Waals surface area (Å²) in [5.74, 6) is 0.0589. The van der Waals surface area contributed by atoms with Crippen LogP contribution in [0.25, 0.3) is 0 Å². The van der Waals surface area contributed by atoms with Crippen LogP contribution in [0, 0.1) is 34.5 Å². The van der Waals surface area contributed by atoms with Crippen LogP contribution in [0.1, 0.15) is 79.1 Å². The number of carbonyl (C=O) groups excluding carboxylic acids is 3. The highest BCUT2D eigenvalue weighted by Crippen LogP contribution is 2.68. The molecule has 3 N–H and O–H groups in total. The number of nitrogens with one attached hydrogen (secondary N) is 1. The molecule has 0 aliphatic heterocycles. The lowest BCUT2D eigenvalue weighted by atomic mass is 9.43. The molecule has 0 aromatic carbocycles. The highest BCUT2D eigenvalue weighted by atomic mass is 16.5. The molecule has 1 amide bonds. The summed E-state index contributed by atoms with van der Waals surface area (Å²) in [4.78, 5) is 35.7. The lowest BCUT2D eigenvalue weighted by molar-refractivity contribution is -0.200. The van der Waals surface area contributed by atoms with Crippen LogP contribution >= 0.6 is 0 Å². The van der Waals surface area contributed by atoms with Crippen LogP contribution in [0.5, 0.6) is 0 Å². The summed E-state index contributed by atoms with van der Waals surface area (Å²) in [5.41, 5.74) is -2.29. The maximum Gasteiger partial charge on any atom is 0.303 e. The number of hydrogen-bond acceptors (Lipinski definition) is 6. The van der Waals surface area contributed by atoms with Gasteiger partial charge in [0.05, 0.1) is 6.10 Å². The first-order valence-electron chi connectivity index (χ1n) is 12.3. The lowest BCUT2D eigenvalue weighted by Gasteiger charge is -2.63. The molecular formula is C25H39NO6. The fourth-order valence-corrected chi connectivity index (χ4v) is 8.55. The van der Waals surface area contributed by atoms with E-state index in [-0.39, 0.29) is 35.1 Å². The number of aliphatic hydroxyl groups excluding tert-OH is 1. The predicted octanol–water partition coefficient (Wildman–Crippen LogP) is 2.37. The molecule has 4 aliphatic rings. The molecule has 0 radical (unpaired) electrons. The normalized spacial score (nSPS) is 47.6. The van der Waals surface area contributed by atoms with E-state index in [9.17, 15) is 24.6 Å². The minimum Gasteiger partial charge on any atom is -0.458 e. The highest BCUT2D eigenvalue weighted by Gasteiger charge is 2.68. The summed E-state index contributed by atoms with van der Waals surface area (Å²) in [6.07, 6.45) is 5.79. The number of ketones is 1. The first kappa shape index (κ1) is 23.7. The van der Waals surface area contributed by atoms with Gasteiger partial charge in [0.1, 0.15) is 5.60 Å². The van der Waals surface area contributed by atoms with Crippen molar-refractivity contribution in [1.82, 2.24) is 5.32 Å². The number of rotatable bonds is 4. The van der Waals surface area contributed by atoms with E-state index in [0.717, 1.165) is 38.5 Å². The number of amides is 1. The summed E-state index contributed by atoms with van der Waals surface area (Å²) < 4.78 is 4.92. The molecule has 4 rings (SSSR count). The van der Waals surface area contributed by atoms with Gasteiger partial charge in [-0.3, -0.25) is 14.4 Å². The van der Waals surface area contributed by atoms with Crippen LogP contribution < -0.4 is 5.32 Å². The van der Waals surface area contributed by atoms with Crippen molar-refractivity contribution in [3.05, 3.63) is 0 Å². The van der Waals surface area contributed by atoms with Crippen molar-refractivity contribution in [2.24, 2.45) is 34.5 Å². The number of fused-ring (bicyclic) bond motifs is 5. The second-order valence-electron chi connectivity index (χ2n) is 11.5. The highest BCUT2D eigenvalue weighted by molar-refractivity contribution is 5.91. The zero-order chi connectivity index (χ0) is 23.5. The van der Waals surface area contributed by atoms with Gasteiger partial charge in [0.25, 0.3) is 0 Å². The van der Waals surface area contributed by atoms with Crippen molar-refractivity contribution in [2.75, 3.05) is 6.61 Å². The van der Waals surface area contributed by atoms with Gasteiger partial charge < -0.3 is 20.3 Å². The van der Waals surface area contributed by atoms with E-state index in [2.05, 4.69) is 12.2 Å². The van der Waals surface area contributed by atoms with Gasteiger partial charge in [0.2, 0.25) is 11.7 Å². The first-order chi connectivity index (χ1) is 14.9. The number of aliphatic hydroxyl groups is 2. The molecule has 4 fully saturated rings. The molecule has 0 spiro atoms. The van der Waals surface area contributed by atoms with Gasteiger partial charge in [-0.1, -0.05) is 13.8 Å². The second-order valence-corrected chi connectivity index (χ2v) is 11.5. The van der Waals surface area contributed by atoms with E-state index < -0.39 is 35.5 Å². The Hall–Kier alpha value is -1.47. The molecule has 0 aromatic rings. The Morgan fingerprint density at radius 2 is 1.78 bits per heavy atom. The number of esters is 1. The van der Waals surface area contributed by atoms with E-state index in [4.69, 9.17) is 4.74 Å². The van der Waals surface area contributed by atoms with Crippen LogP contribution in [-0.4, -0.2) is 52.2 Å². The van der Waals surface area contributed by atoms with Gasteiger partial charge in [-0.2, -0.15) is 0 Å². The molecule has 180 valence electrons. The summed E-state index contributed by atoms with van der Waals surface area (Å²) in [7, 11) is 0. The van der Waals surface area contributed by atoms with Crippen LogP contribution in [0.15, 0.2) is 0 Å². The second kappa shape index (κ2) is 8.08. The summed E-state index contributed by atoms with van der Waals surface area (Å²) in [6, 6.07) is 0.212. The number of hydrogen-bond donors (Lipinski definition) is 3. The Morgan fingerprint density at radius 3 is 2.44 bits per heavy atom. The number of carbonyl (C=O) groups is 3. The Bertz CT molecular complexity index is 799. The van der Waals surface area contributed by atoms with E-state index in [1.54, 1.807) is 6.92 Å². The van der Waals surface area contributed by atoms with Gasteiger partial charge in [0, 0.05) is 25.3 Å². The standard InChI is InChI=1S/C25H39NO6/c1-14(27)26-17-7-9-23(3)16(11-17)5-6-18-19-8-10-25(31,21(30)13-32-15(2)28)24(19,4)12-20(29)22(18)23/h16-20,22,29,31H,5-13H2,1-4H3,(H,26,27)/t16?,17?,18-,19-,20?,22+,23-,24-,25-/m0/s1. The van der Waals surface area contributed by atoms with Gasteiger partial charge in [-0.25, -0.2) is 0 Å². The molecule has 9 atom stereocenters. The third-order valence-corrected chi connectivity index (χ3v) is 10.0. The van der Waals surface area contributed by atoms with Crippen LogP contribution in [0.2, 0.25) is 0 Å². The molecule has 0 saturated heterocycles.